The second-order valence-electron chi connectivity index (χ2n) is 9.68. The first-order valence-electron chi connectivity index (χ1n) is 11.8. The van der Waals surface area contributed by atoms with Crippen LogP contribution in [0.25, 0.3) is 5.65 Å². The van der Waals surface area contributed by atoms with Gasteiger partial charge in [0.05, 0.1) is 31.7 Å². The van der Waals surface area contributed by atoms with Crippen LogP contribution in [0.2, 0.25) is 0 Å². The average Bonchev–Trinajstić information content (AvgIpc) is 3.53. The summed E-state index contributed by atoms with van der Waals surface area (Å²) in [5, 5.41) is 12.5. The Balaban J connectivity index is 1.13. The van der Waals surface area contributed by atoms with Crippen molar-refractivity contribution >= 4 is 23.5 Å². The number of ether oxygens (including phenoxy) is 4. The van der Waals surface area contributed by atoms with Crippen LogP contribution in [0.4, 0.5) is 34.1 Å². The summed E-state index contributed by atoms with van der Waals surface area (Å²) in [4.78, 5) is 20.6. The molecule has 0 radical (unpaired) electrons. The number of alkyl halides is 4. The van der Waals surface area contributed by atoms with Gasteiger partial charge in [-0.25, -0.2) is 14.2 Å². The number of alkyl carbamates (subject to hydrolysis) is 1. The number of aromatic nitrogens is 5. The third-order valence-corrected chi connectivity index (χ3v) is 6.97. The summed E-state index contributed by atoms with van der Waals surface area (Å²) in [5.41, 5.74) is 0.356. The molecule has 4 fully saturated rings. The number of imidazole rings is 1. The van der Waals surface area contributed by atoms with Gasteiger partial charge in [-0.15, -0.1) is 13.2 Å². The van der Waals surface area contributed by atoms with Gasteiger partial charge >= 0.3 is 12.5 Å². The monoisotopic (exact) mass is 541 g/mol. The summed E-state index contributed by atoms with van der Waals surface area (Å²) in [6.07, 6.45) is -5.09. The van der Waals surface area contributed by atoms with Gasteiger partial charge in [-0.3, -0.25) is 14.2 Å². The molecule has 16 heteroatoms. The number of methoxy groups -OCH3 is 1. The first-order chi connectivity index (χ1) is 18.1. The first-order valence-corrected chi connectivity index (χ1v) is 11.8. The Morgan fingerprint density at radius 3 is 2.76 bits per heavy atom. The Kier molecular flexibility index (Phi) is 5.82. The molecule has 7 rings (SSSR count). The molecule has 0 unspecified atom stereocenters. The molecule has 3 aromatic rings. The molecule has 2 bridgehead atoms. The average molecular weight is 541 g/mol. The molecule has 4 heterocycles. The van der Waals surface area contributed by atoms with E-state index in [9.17, 15) is 18.0 Å². The normalized spacial score (nSPS) is 28.0. The fourth-order valence-electron chi connectivity index (χ4n) is 5.05. The molecule has 3 aliphatic carbocycles. The Morgan fingerprint density at radius 1 is 1.29 bits per heavy atom. The number of amides is 1. The fourth-order valence-corrected chi connectivity index (χ4v) is 5.05. The Labute approximate surface area is 212 Å². The molecule has 0 spiro atoms. The molecule has 0 aromatic carbocycles. The number of H-pyrrole nitrogens is 1. The summed E-state index contributed by atoms with van der Waals surface area (Å²) in [6, 6.07) is 2.92. The number of nitrogens with zero attached hydrogens (tertiary/aromatic N) is 4. The van der Waals surface area contributed by atoms with Gasteiger partial charge in [0.1, 0.15) is 11.8 Å². The molecule has 3 atom stereocenters. The highest BCUT2D eigenvalue weighted by Crippen LogP contribution is 2.57. The predicted octanol–water partition coefficient (Wildman–Crippen LogP) is 3.30. The minimum absolute atomic E-state index is 0.00637. The molecule has 12 nitrogen and oxygen atoms in total. The molecular formula is C22H23F4N7O5. The van der Waals surface area contributed by atoms with E-state index in [2.05, 4.69) is 35.5 Å². The molecule has 38 heavy (non-hydrogen) atoms. The zero-order chi connectivity index (χ0) is 26.7. The Hall–Kier alpha value is -3.66. The summed E-state index contributed by atoms with van der Waals surface area (Å²) in [7, 11) is 1.37. The van der Waals surface area contributed by atoms with Crippen molar-refractivity contribution in [2.24, 2.45) is 5.92 Å². The van der Waals surface area contributed by atoms with Crippen LogP contribution in [0.1, 0.15) is 36.8 Å². The third-order valence-electron chi connectivity index (χ3n) is 6.97. The van der Waals surface area contributed by atoms with Gasteiger partial charge in [0.25, 0.3) is 0 Å². The number of carbonyl (C=O) groups is 1. The summed E-state index contributed by atoms with van der Waals surface area (Å²) < 4.78 is 73.6. The molecule has 1 amide bonds. The number of halogens is 4. The molecule has 3 aromatic heterocycles. The van der Waals surface area contributed by atoms with Crippen LogP contribution in [0.3, 0.4) is 0 Å². The van der Waals surface area contributed by atoms with E-state index in [1.807, 2.05) is 0 Å². The van der Waals surface area contributed by atoms with Crippen LogP contribution in [-0.4, -0.2) is 68.6 Å². The molecule has 3 saturated carbocycles. The molecule has 4 aliphatic rings. The second-order valence-corrected chi connectivity index (χ2v) is 9.68. The summed E-state index contributed by atoms with van der Waals surface area (Å²) in [6.45, 7) is -0.911. The van der Waals surface area contributed by atoms with E-state index < -0.39 is 37.4 Å². The zero-order valence-electron chi connectivity index (χ0n) is 19.9. The van der Waals surface area contributed by atoms with Gasteiger partial charge < -0.3 is 24.8 Å². The van der Waals surface area contributed by atoms with Gasteiger partial charge in [-0.1, -0.05) is 0 Å². The smallest absolute Gasteiger partial charge is 0.481 e. The minimum atomic E-state index is -4.81. The van der Waals surface area contributed by atoms with Crippen molar-refractivity contribution in [1.82, 2.24) is 29.9 Å². The van der Waals surface area contributed by atoms with Crippen LogP contribution in [0, 0.1) is 5.92 Å². The number of rotatable bonds is 8. The van der Waals surface area contributed by atoms with E-state index in [1.54, 1.807) is 0 Å². The second kappa shape index (κ2) is 8.97. The maximum atomic E-state index is 15.1. The number of hydrogen-bond donors (Lipinski definition) is 3. The number of hydrogen-bond acceptors (Lipinski definition) is 9. The number of fused-ring (bicyclic) bond motifs is 1. The lowest BCUT2D eigenvalue weighted by atomic mass is 9.50. The van der Waals surface area contributed by atoms with Crippen molar-refractivity contribution in [3.05, 3.63) is 29.7 Å². The molecule has 1 aliphatic heterocycles. The maximum absolute atomic E-state index is 15.1. The molecule has 3 N–H and O–H groups in total. The van der Waals surface area contributed by atoms with E-state index in [0.29, 0.717) is 5.92 Å². The highest BCUT2D eigenvalue weighted by atomic mass is 19.4. The predicted molar refractivity (Wildman–Crippen MR) is 119 cm³/mol. The molecular weight excluding hydrogens is 518 g/mol. The van der Waals surface area contributed by atoms with Crippen LogP contribution < -0.4 is 15.4 Å². The van der Waals surface area contributed by atoms with Crippen LogP contribution in [-0.2, 0) is 20.8 Å². The minimum Gasteiger partial charge on any atom is -0.481 e. The van der Waals surface area contributed by atoms with Gasteiger partial charge in [-0.2, -0.15) is 10.1 Å². The Bertz CT molecular complexity index is 1340. The fraction of sp³-hybridized carbons (Fsp3) is 0.545. The number of carbonyl (C=O) groups excluding carboxylic acids is 1. The number of aromatic amines is 1. The maximum Gasteiger partial charge on any atom is 0.522 e. The van der Waals surface area contributed by atoms with Crippen LogP contribution in [0.15, 0.2) is 18.3 Å². The third kappa shape index (κ3) is 4.69. The van der Waals surface area contributed by atoms with E-state index in [4.69, 9.17) is 14.2 Å². The van der Waals surface area contributed by atoms with E-state index >= 15 is 4.39 Å². The first kappa shape index (κ1) is 24.7. The van der Waals surface area contributed by atoms with Crippen molar-refractivity contribution in [3.63, 3.8) is 0 Å². The van der Waals surface area contributed by atoms with E-state index in [1.165, 1.54) is 29.8 Å². The highest BCUT2D eigenvalue weighted by molar-refractivity contribution is 5.69. The molecule has 1 saturated heterocycles. The SMILES string of the molecule is COc1cc2nc(COC(F)(F)F)cn2c(Nc2cc([C@@H]3OC[C@H](OC(=O)NC45CC(C4)C5)[C@@H]3F)[nH]n2)n1. The topological polar surface area (TPSA) is 137 Å². The van der Waals surface area contributed by atoms with Crippen molar-refractivity contribution in [2.75, 3.05) is 19.0 Å². The number of nitrogens with one attached hydrogen (secondary N) is 3. The largest absolute Gasteiger partial charge is 0.522 e. The van der Waals surface area contributed by atoms with Crippen LogP contribution >= 0.6 is 0 Å². The van der Waals surface area contributed by atoms with E-state index in [0.717, 1.165) is 19.3 Å². The lowest BCUT2D eigenvalue weighted by Crippen LogP contribution is -2.68. The van der Waals surface area contributed by atoms with Gasteiger partial charge in [0.2, 0.25) is 11.8 Å². The van der Waals surface area contributed by atoms with Crippen molar-refractivity contribution in [3.8, 4) is 5.88 Å². The van der Waals surface area contributed by atoms with Gasteiger partial charge in [0.15, 0.2) is 18.1 Å². The van der Waals surface area contributed by atoms with Crippen LogP contribution in [0.5, 0.6) is 5.88 Å². The zero-order valence-corrected chi connectivity index (χ0v) is 19.9. The van der Waals surface area contributed by atoms with Gasteiger partial charge in [-0.05, 0) is 25.2 Å². The van der Waals surface area contributed by atoms with Gasteiger partial charge in [0, 0.05) is 23.9 Å². The lowest BCUT2D eigenvalue weighted by Gasteiger charge is -2.61. The summed E-state index contributed by atoms with van der Waals surface area (Å²) in [5.74, 6) is 1.16. The quantitative estimate of drug-likeness (QED) is 0.367. The molecule has 204 valence electrons. The van der Waals surface area contributed by atoms with E-state index in [-0.39, 0.29) is 46.8 Å². The summed E-state index contributed by atoms with van der Waals surface area (Å²) >= 11 is 0. The highest BCUT2D eigenvalue weighted by Gasteiger charge is 2.58. The lowest BCUT2D eigenvalue weighted by molar-refractivity contribution is -0.330. The standard InChI is InChI=1S/C22H23F4N7O5/c1-35-16-3-15-27-11(8-37-22(24,25)26)7-33(15)19(29-16)28-14-2-12(31-32-14)18-17(23)13(9-36-18)38-20(34)30-21-4-10(5-21)6-21/h2-3,7,10,13,17-18H,4-6,8-9H2,1H3,(H,30,34)(H2,28,29,31,32)/t10?,13-,17-,18-,21?/m0/s1. The Morgan fingerprint density at radius 2 is 2.08 bits per heavy atom. The number of anilines is 2. The van der Waals surface area contributed by atoms with Crippen molar-refractivity contribution in [1.29, 1.82) is 0 Å². The van der Waals surface area contributed by atoms with Crippen molar-refractivity contribution < 1.29 is 41.3 Å². The van der Waals surface area contributed by atoms with Crippen molar-refractivity contribution in [2.45, 2.75) is 56.2 Å².